The van der Waals surface area contributed by atoms with E-state index < -0.39 is 0 Å². The molecule has 94 valence electrons. The first-order valence-electron chi connectivity index (χ1n) is 5.11. The van der Waals surface area contributed by atoms with Crippen molar-refractivity contribution in [1.29, 1.82) is 0 Å². The van der Waals surface area contributed by atoms with Crippen molar-refractivity contribution in [3.63, 3.8) is 0 Å². The van der Waals surface area contributed by atoms with Crippen LogP contribution in [0.4, 0.5) is 5.69 Å². The van der Waals surface area contributed by atoms with E-state index in [1.807, 2.05) is 0 Å². The number of hydrogen-bond acceptors (Lipinski definition) is 1. The summed E-state index contributed by atoms with van der Waals surface area (Å²) < 4.78 is 1.67. The van der Waals surface area contributed by atoms with Gasteiger partial charge in [0.25, 0.3) is 0 Å². The number of rotatable bonds is 3. The van der Waals surface area contributed by atoms with Crippen LogP contribution in [0.5, 0.6) is 0 Å². The van der Waals surface area contributed by atoms with Crippen molar-refractivity contribution in [2.45, 2.75) is 13.8 Å². The van der Waals surface area contributed by atoms with Crippen LogP contribution in [0.2, 0.25) is 5.02 Å². The lowest BCUT2D eigenvalue weighted by Crippen LogP contribution is -2.23. The van der Waals surface area contributed by atoms with E-state index in [1.165, 1.54) is 0 Å². The van der Waals surface area contributed by atoms with Crippen molar-refractivity contribution >= 4 is 55.1 Å². The summed E-state index contributed by atoms with van der Waals surface area (Å²) in [5, 5.41) is 3.68. The maximum absolute atomic E-state index is 5.91. The van der Waals surface area contributed by atoms with Gasteiger partial charge in [0.1, 0.15) is 0 Å². The lowest BCUT2D eigenvalue weighted by molar-refractivity contribution is 0.665. The molecule has 0 atom stereocenters. The number of anilines is 1. The fourth-order valence-electron chi connectivity index (χ4n) is 1.11. The molecule has 0 aliphatic rings. The number of hydrogen-bond donors (Lipinski definition) is 2. The summed E-state index contributed by atoms with van der Waals surface area (Å²) in [5.41, 5.74) is 6.61. The van der Waals surface area contributed by atoms with Crippen molar-refractivity contribution in [2.75, 3.05) is 11.9 Å². The van der Waals surface area contributed by atoms with Gasteiger partial charge in [0.2, 0.25) is 0 Å². The van der Waals surface area contributed by atoms with E-state index >= 15 is 0 Å². The Balaban J connectivity index is 2.85. The maximum atomic E-state index is 5.91. The van der Waals surface area contributed by atoms with E-state index in [9.17, 15) is 0 Å². The molecule has 0 saturated heterocycles. The van der Waals surface area contributed by atoms with E-state index in [4.69, 9.17) is 17.3 Å². The Morgan fingerprint density at radius 1 is 1.41 bits per heavy atom. The summed E-state index contributed by atoms with van der Waals surface area (Å²) in [6, 6.07) is 3.59. The van der Waals surface area contributed by atoms with Gasteiger partial charge < -0.3 is 11.1 Å². The van der Waals surface area contributed by atoms with E-state index in [-0.39, 0.29) is 0 Å². The zero-order valence-corrected chi connectivity index (χ0v) is 13.5. The largest absolute Gasteiger partial charge is 0.370 e. The quantitative estimate of drug-likeness (QED) is 0.606. The first-order valence-corrected chi connectivity index (χ1v) is 7.08. The van der Waals surface area contributed by atoms with E-state index in [2.05, 4.69) is 56.0 Å². The standard InChI is InChI=1S/C11H14Br2ClN3/c1-6(2)5-16-11(15)17-10-8(12)3-7(14)4-9(10)13/h3-4,6H,5H2,1-2H3,(H3,15,16,17). The third-order valence-electron chi connectivity index (χ3n) is 1.89. The minimum atomic E-state index is 0.391. The molecule has 0 spiro atoms. The zero-order chi connectivity index (χ0) is 13.0. The normalized spacial score (nSPS) is 12.0. The van der Waals surface area contributed by atoms with Crippen molar-refractivity contribution in [3.8, 4) is 0 Å². The number of nitrogens with one attached hydrogen (secondary N) is 1. The molecule has 0 aliphatic carbocycles. The van der Waals surface area contributed by atoms with Crippen LogP contribution in [0.3, 0.4) is 0 Å². The highest BCUT2D eigenvalue weighted by Gasteiger charge is 2.07. The highest BCUT2D eigenvalue weighted by atomic mass is 79.9. The molecule has 3 N–H and O–H groups in total. The Morgan fingerprint density at radius 3 is 2.41 bits per heavy atom. The monoisotopic (exact) mass is 381 g/mol. The van der Waals surface area contributed by atoms with Gasteiger partial charge in [-0.2, -0.15) is 0 Å². The van der Waals surface area contributed by atoms with Crippen LogP contribution < -0.4 is 11.1 Å². The number of benzene rings is 1. The first-order chi connectivity index (χ1) is 7.90. The van der Waals surface area contributed by atoms with Crippen molar-refractivity contribution in [1.82, 2.24) is 0 Å². The lowest BCUT2D eigenvalue weighted by Gasteiger charge is -2.11. The number of guanidine groups is 1. The van der Waals surface area contributed by atoms with E-state index in [0.717, 1.165) is 14.6 Å². The molecule has 17 heavy (non-hydrogen) atoms. The molecular weight excluding hydrogens is 369 g/mol. The van der Waals surface area contributed by atoms with Crippen LogP contribution in [-0.4, -0.2) is 12.5 Å². The third-order valence-corrected chi connectivity index (χ3v) is 3.36. The van der Waals surface area contributed by atoms with Gasteiger partial charge in [0.05, 0.1) is 5.69 Å². The molecule has 0 saturated carbocycles. The molecular formula is C11H14Br2ClN3. The molecule has 0 aromatic heterocycles. The second-order valence-electron chi connectivity index (χ2n) is 3.99. The van der Waals surface area contributed by atoms with Crippen molar-refractivity contribution in [2.24, 2.45) is 16.6 Å². The Labute approximate surface area is 123 Å². The molecule has 3 nitrogen and oxygen atoms in total. The van der Waals surface area contributed by atoms with Crippen LogP contribution in [0.1, 0.15) is 13.8 Å². The summed E-state index contributed by atoms with van der Waals surface area (Å²) in [7, 11) is 0. The summed E-state index contributed by atoms with van der Waals surface area (Å²) in [6.07, 6.45) is 0. The number of halogens is 3. The number of aliphatic imine (C=N–C) groups is 1. The Kier molecular flexibility index (Phi) is 5.76. The lowest BCUT2D eigenvalue weighted by atomic mass is 10.2. The average Bonchev–Trinajstić information content (AvgIpc) is 2.20. The van der Waals surface area contributed by atoms with Gasteiger partial charge in [-0.25, -0.2) is 0 Å². The first kappa shape index (κ1) is 14.8. The van der Waals surface area contributed by atoms with Gasteiger partial charge in [0.15, 0.2) is 5.96 Å². The highest BCUT2D eigenvalue weighted by Crippen LogP contribution is 2.33. The fraction of sp³-hybridized carbons (Fsp3) is 0.364. The molecule has 0 heterocycles. The van der Waals surface area contributed by atoms with E-state index in [1.54, 1.807) is 12.1 Å². The molecule has 0 fully saturated rings. The molecule has 0 radical (unpaired) electrons. The molecule has 0 bridgehead atoms. The second kappa shape index (κ2) is 6.61. The van der Waals surface area contributed by atoms with Crippen LogP contribution in [0, 0.1) is 5.92 Å². The van der Waals surface area contributed by atoms with Crippen LogP contribution >= 0.6 is 43.5 Å². The number of nitrogens with two attached hydrogens (primary N) is 1. The Hall–Kier alpha value is -0.260. The summed E-state index contributed by atoms with van der Waals surface area (Å²) in [6.45, 7) is 4.87. The van der Waals surface area contributed by atoms with Crippen molar-refractivity contribution < 1.29 is 0 Å². The van der Waals surface area contributed by atoms with Gasteiger partial charge >= 0.3 is 0 Å². The van der Waals surface area contributed by atoms with Gasteiger partial charge in [0, 0.05) is 20.5 Å². The minimum Gasteiger partial charge on any atom is -0.370 e. The molecule has 1 aromatic carbocycles. The summed E-state index contributed by atoms with van der Waals surface area (Å²) in [5.74, 6) is 0.870. The van der Waals surface area contributed by atoms with Crippen LogP contribution in [0.25, 0.3) is 0 Å². The predicted molar refractivity (Wildman–Crippen MR) is 81.8 cm³/mol. The predicted octanol–water partition coefficient (Wildman–Crippen LogP) is 4.25. The third kappa shape index (κ3) is 4.85. The number of nitrogens with zero attached hydrogens (tertiary/aromatic N) is 1. The van der Waals surface area contributed by atoms with E-state index in [0.29, 0.717) is 23.4 Å². The summed E-state index contributed by atoms with van der Waals surface area (Å²) in [4.78, 5) is 4.23. The molecule has 1 rings (SSSR count). The van der Waals surface area contributed by atoms with Gasteiger partial charge in [-0.1, -0.05) is 25.4 Å². The smallest absolute Gasteiger partial charge is 0.193 e. The van der Waals surface area contributed by atoms with Crippen molar-refractivity contribution in [3.05, 3.63) is 26.1 Å². The molecule has 1 aromatic rings. The second-order valence-corrected chi connectivity index (χ2v) is 6.13. The SMILES string of the molecule is CC(C)CN=C(N)Nc1c(Br)cc(Cl)cc1Br. The van der Waals surface area contributed by atoms with Crippen LogP contribution in [0.15, 0.2) is 26.1 Å². The average molecular weight is 384 g/mol. The van der Waals surface area contributed by atoms with Gasteiger partial charge in [-0.3, -0.25) is 4.99 Å². The fourth-order valence-corrected chi connectivity index (χ4v) is 2.98. The maximum Gasteiger partial charge on any atom is 0.193 e. The molecule has 6 heteroatoms. The zero-order valence-electron chi connectivity index (χ0n) is 9.60. The van der Waals surface area contributed by atoms with Gasteiger partial charge in [-0.05, 0) is 49.9 Å². The molecule has 0 aliphatic heterocycles. The molecule has 0 amide bonds. The topological polar surface area (TPSA) is 50.4 Å². The molecule has 0 unspecified atom stereocenters. The summed E-state index contributed by atoms with van der Waals surface area (Å²) >= 11 is 12.8. The Morgan fingerprint density at radius 2 is 1.94 bits per heavy atom. The van der Waals surface area contributed by atoms with Crippen LogP contribution in [-0.2, 0) is 0 Å². The Bertz CT molecular complexity index is 410. The van der Waals surface area contributed by atoms with Gasteiger partial charge in [-0.15, -0.1) is 0 Å². The highest BCUT2D eigenvalue weighted by molar-refractivity contribution is 9.11. The minimum absolute atomic E-state index is 0.391.